The molecule has 0 N–H and O–H groups in total. The van der Waals surface area contributed by atoms with Crippen molar-refractivity contribution in [1.82, 2.24) is 0 Å². The molecular weight excluding hydrogens is 238 g/mol. The van der Waals surface area contributed by atoms with Gasteiger partial charge in [0.05, 0.1) is 12.1 Å². The largest absolute Gasteiger partial charge is 0.346 e. The highest BCUT2D eigenvalue weighted by molar-refractivity contribution is 5.52. The van der Waals surface area contributed by atoms with E-state index in [-0.39, 0.29) is 12.0 Å². The molecule has 0 aromatic rings. The maximum Gasteiger partial charge on any atom is 0.187 e. The zero-order chi connectivity index (χ0) is 13.3. The first-order valence-corrected chi connectivity index (χ1v) is 5.97. The highest BCUT2D eigenvalue weighted by Crippen LogP contribution is 2.40. The quantitative estimate of drug-likeness (QED) is 0.331. The van der Waals surface area contributed by atoms with Gasteiger partial charge < -0.3 is 19.0 Å². The van der Waals surface area contributed by atoms with E-state index in [1.54, 1.807) is 20.8 Å². The lowest BCUT2D eigenvalue weighted by atomic mass is 9.99. The van der Waals surface area contributed by atoms with Gasteiger partial charge in [0.2, 0.25) is 0 Å². The molecule has 7 nitrogen and oxygen atoms in total. The van der Waals surface area contributed by atoms with Crippen molar-refractivity contribution in [3.05, 3.63) is 10.4 Å². The summed E-state index contributed by atoms with van der Waals surface area (Å²) in [7, 11) is 0. The Labute approximate surface area is 105 Å². The predicted molar refractivity (Wildman–Crippen MR) is 61.5 cm³/mol. The monoisotopic (exact) mass is 255 g/mol. The van der Waals surface area contributed by atoms with Crippen LogP contribution in [0.4, 0.5) is 0 Å². The zero-order valence-corrected chi connectivity index (χ0v) is 10.6. The minimum Gasteiger partial charge on any atom is -0.346 e. The molecular formula is C11H17N3O4. The van der Waals surface area contributed by atoms with E-state index in [0.29, 0.717) is 6.42 Å². The van der Waals surface area contributed by atoms with E-state index in [2.05, 4.69) is 10.0 Å². The maximum atomic E-state index is 10.7. The second-order valence-corrected chi connectivity index (χ2v) is 5.19. The van der Waals surface area contributed by atoms with Gasteiger partial charge in [0, 0.05) is 10.8 Å². The molecule has 7 heteroatoms. The molecule has 5 unspecified atom stereocenters. The molecule has 0 amide bonds. The summed E-state index contributed by atoms with van der Waals surface area (Å²) >= 11 is 0. The van der Waals surface area contributed by atoms with Crippen molar-refractivity contribution in [3.8, 4) is 0 Å². The van der Waals surface area contributed by atoms with Crippen LogP contribution < -0.4 is 0 Å². The van der Waals surface area contributed by atoms with Crippen molar-refractivity contribution in [2.75, 3.05) is 0 Å². The number of azide groups is 1. The molecule has 100 valence electrons. The molecule has 0 aliphatic carbocycles. The summed E-state index contributed by atoms with van der Waals surface area (Å²) < 4.78 is 16.9. The van der Waals surface area contributed by atoms with E-state index < -0.39 is 24.2 Å². The molecule has 0 radical (unpaired) electrons. The third-order valence-electron chi connectivity index (χ3n) is 3.14. The molecule has 0 aromatic heterocycles. The summed E-state index contributed by atoms with van der Waals surface area (Å²) in [6.45, 7) is 5.36. The molecule has 18 heavy (non-hydrogen) atoms. The molecule has 0 spiro atoms. The van der Waals surface area contributed by atoms with Crippen LogP contribution >= 0.6 is 0 Å². The van der Waals surface area contributed by atoms with Crippen LogP contribution in [0.5, 0.6) is 0 Å². The number of hydrogen-bond acceptors (Lipinski definition) is 5. The number of nitrogens with zero attached hydrogens (tertiary/aromatic N) is 3. The summed E-state index contributed by atoms with van der Waals surface area (Å²) in [5.41, 5.74) is 8.62. The van der Waals surface area contributed by atoms with Crippen molar-refractivity contribution in [1.29, 1.82) is 0 Å². The summed E-state index contributed by atoms with van der Waals surface area (Å²) in [5.74, 6) is -0.891. The summed E-state index contributed by atoms with van der Waals surface area (Å²) in [6.07, 6.45) is 0.0788. The first-order valence-electron chi connectivity index (χ1n) is 5.97. The van der Waals surface area contributed by atoms with Crippen molar-refractivity contribution in [3.63, 3.8) is 0 Å². The summed E-state index contributed by atoms with van der Waals surface area (Å²) in [5, 5.41) is 3.74. The molecule has 0 saturated carbocycles. The topological polar surface area (TPSA) is 93.5 Å². The van der Waals surface area contributed by atoms with Crippen LogP contribution in [-0.2, 0) is 19.0 Å². The minimum absolute atomic E-state index is 0.154. The van der Waals surface area contributed by atoms with Gasteiger partial charge in [0.25, 0.3) is 0 Å². The Bertz CT molecular complexity index is 380. The van der Waals surface area contributed by atoms with Crippen LogP contribution in [-0.4, -0.2) is 36.6 Å². The summed E-state index contributed by atoms with van der Waals surface area (Å²) in [6, 6.07) is -0.454. The average molecular weight is 255 g/mol. The number of fused-ring (bicyclic) bond motifs is 1. The lowest BCUT2D eigenvalue weighted by Crippen LogP contribution is -2.33. The maximum absolute atomic E-state index is 10.7. The van der Waals surface area contributed by atoms with E-state index in [1.807, 2.05) is 0 Å². The third kappa shape index (κ3) is 2.49. The van der Waals surface area contributed by atoms with Gasteiger partial charge in [-0.3, -0.25) is 0 Å². The standard InChI is InChI=1S/C11H17N3O4/c1-6(5-15)4-7-8(13-14-12)9-10(16-7)18-11(2,3)17-9/h5-10H,4H2,1-3H3. The number of ether oxygens (including phenoxy) is 3. The first kappa shape index (κ1) is 13.3. The van der Waals surface area contributed by atoms with Gasteiger partial charge in [0.1, 0.15) is 12.4 Å². The van der Waals surface area contributed by atoms with Gasteiger partial charge in [-0.2, -0.15) is 0 Å². The molecule has 2 aliphatic heterocycles. The van der Waals surface area contributed by atoms with Crippen molar-refractivity contribution < 1.29 is 19.0 Å². The minimum atomic E-state index is -0.736. The van der Waals surface area contributed by atoms with Gasteiger partial charge in [-0.25, -0.2) is 0 Å². The van der Waals surface area contributed by atoms with Crippen molar-refractivity contribution in [2.24, 2.45) is 11.0 Å². The van der Waals surface area contributed by atoms with Crippen LogP contribution in [0.25, 0.3) is 10.4 Å². The number of carbonyl (C=O) groups excluding carboxylic acids is 1. The van der Waals surface area contributed by atoms with Crippen LogP contribution in [0.2, 0.25) is 0 Å². The highest BCUT2D eigenvalue weighted by Gasteiger charge is 2.54. The van der Waals surface area contributed by atoms with Gasteiger partial charge in [-0.1, -0.05) is 12.0 Å². The van der Waals surface area contributed by atoms with E-state index in [9.17, 15) is 4.79 Å². The third-order valence-corrected chi connectivity index (χ3v) is 3.14. The van der Waals surface area contributed by atoms with Gasteiger partial charge in [0.15, 0.2) is 12.1 Å². The van der Waals surface area contributed by atoms with Gasteiger partial charge >= 0.3 is 0 Å². The molecule has 0 aromatic carbocycles. The number of carbonyl (C=O) groups is 1. The van der Waals surface area contributed by atoms with Crippen LogP contribution in [0.3, 0.4) is 0 Å². The lowest BCUT2D eigenvalue weighted by Gasteiger charge is -2.23. The molecule has 2 rings (SSSR count). The highest BCUT2D eigenvalue weighted by atomic mass is 16.8. The Morgan fingerprint density at radius 2 is 2.22 bits per heavy atom. The smallest absolute Gasteiger partial charge is 0.187 e. The second-order valence-electron chi connectivity index (χ2n) is 5.19. The molecule has 2 saturated heterocycles. The van der Waals surface area contributed by atoms with Gasteiger partial charge in [-0.05, 0) is 25.8 Å². The fourth-order valence-corrected chi connectivity index (χ4v) is 2.37. The fourth-order valence-electron chi connectivity index (χ4n) is 2.37. The van der Waals surface area contributed by atoms with Crippen LogP contribution in [0.1, 0.15) is 27.2 Å². The Hall–Kier alpha value is -1.14. The normalized spacial score (nSPS) is 38.8. The second kappa shape index (κ2) is 4.85. The van der Waals surface area contributed by atoms with Gasteiger partial charge in [-0.15, -0.1) is 0 Å². The van der Waals surface area contributed by atoms with E-state index in [0.717, 1.165) is 6.29 Å². The number of hydrogen-bond donors (Lipinski definition) is 0. The van der Waals surface area contributed by atoms with E-state index in [1.165, 1.54) is 0 Å². The molecule has 2 aliphatic rings. The average Bonchev–Trinajstić information content (AvgIpc) is 2.73. The van der Waals surface area contributed by atoms with Crippen LogP contribution in [0, 0.1) is 5.92 Å². The van der Waals surface area contributed by atoms with Crippen molar-refractivity contribution in [2.45, 2.75) is 57.5 Å². The lowest BCUT2D eigenvalue weighted by molar-refractivity contribution is -0.207. The Kier molecular flexibility index (Phi) is 3.59. The Morgan fingerprint density at radius 1 is 1.50 bits per heavy atom. The number of aldehydes is 1. The molecule has 0 bridgehead atoms. The van der Waals surface area contributed by atoms with Crippen molar-refractivity contribution >= 4 is 6.29 Å². The van der Waals surface area contributed by atoms with Crippen LogP contribution in [0.15, 0.2) is 5.11 Å². The molecule has 5 atom stereocenters. The van der Waals surface area contributed by atoms with E-state index >= 15 is 0 Å². The SMILES string of the molecule is CC(C=O)CC1OC2OC(C)(C)OC2C1N=[N+]=[N-]. The fraction of sp³-hybridized carbons (Fsp3) is 0.909. The molecule has 2 heterocycles. The number of rotatable bonds is 4. The molecule has 2 fully saturated rings. The first-order chi connectivity index (χ1) is 8.46. The van der Waals surface area contributed by atoms with E-state index in [4.69, 9.17) is 19.7 Å². The predicted octanol–water partition coefficient (Wildman–Crippen LogP) is 1.77. The Balaban J connectivity index is 2.11. The zero-order valence-electron chi connectivity index (χ0n) is 10.6. The Morgan fingerprint density at radius 3 is 2.83 bits per heavy atom. The summed E-state index contributed by atoms with van der Waals surface area (Å²) in [4.78, 5) is 13.5.